The average Bonchev–Trinajstić information content (AvgIpc) is 3.28. The number of sulfone groups is 1. The zero-order valence-corrected chi connectivity index (χ0v) is 24.2. The zero-order valence-electron chi connectivity index (χ0n) is 23.4. The predicted molar refractivity (Wildman–Crippen MR) is 150 cm³/mol. The number of likely N-dealkylation sites (tertiary alicyclic amines) is 1. The number of rotatable bonds is 7. The third-order valence-corrected chi connectivity index (χ3v) is 8.02. The molecule has 226 valence electrons. The minimum atomic E-state index is -4.53. The second-order valence-electron chi connectivity index (χ2n) is 10.4. The lowest BCUT2D eigenvalue weighted by Crippen LogP contribution is -2.56. The van der Waals surface area contributed by atoms with Gasteiger partial charge in [-0.05, 0) is 37.2 Å². The van der Waals surface area contributed by atoms with Crippen molar-refractivity contribution in [1.29, 1.82) is 0 Å². The third kappa shape index (κ3) is 7.32. The molecule has 3 unspecified atom stereocenters. The van der Waals surface area contributed by atoms with Gasteiger partial charge >= 0.3 is 6.18 Å². The second-order valence-corrected chi connectivity index (χ2v) is 12.4. The fourth-order valence-corrected chi connectivity index (χ4v) is 5.61. The molecule has 2 heterocycles. The molecule has 1 aliphatic heterocycles. The SMILES string of the molecule is COc1cc(S(C)(=O)=O)ccc1NCC#Cc1cc(C(=O)NC2C(C)CN(C)CC2F)c2ncn(CC(F)(F)F)c2c1. The van der Waals surface area contributed by atoms with E-state index < -0.39 is 40.7 Å². The summed E-state index contributed by atoms with van der Waals surface area (Å²) in [7, 11) is -0.262. The van der Waals surface area contributed by atoms with E-state index in [1.807, 2.05) is 11.8 Å². The van der Waals surface area contributed by atoms with Crippen molar-refractivity contribution in [2.45, 2.75) is 36.8 Å². The van der Waals surface area contributed by atoms with Gasteiger partial charge in [0.05, 0.1) is 47.7 Å². The van der Waals surface area contributed by atoms with Gasteiger partial charge in [0.1, 0.15) is 24.0 Å². The minimum Gasteiger partial charge on any atom is -0.495 e. The highest BCUT2D eigenvalue weighted by atomic mass is 32.2. The van der Waals surface area contributed by atoms with E-state index in [-0.39, 0.29) is 51.8 Å². The lowest BCUT2D eigenvalue weighted by Gasteiger charge is -2.37. The molecule has 1 amide bonds. The van der Waals surface area contributed by atoms with E-state index >= 15 is 0 Å². The third-order valence-electron chi connectivity index (χ3n) is 6.91. The van der Waals surface area contributed by atoms with Crippen molar-refractivity contribution in [2.24, 2.45) is 5.92 Å². The van der Waals surface area contributed by atoms with E-state index in [0.29, 0.717) is 12.2 Å². The number of alkyl halides is 4. The maximum absolute atomic E-state index is 14.8. The smallest absolute Gasteiger partial charge is 0.406 e. The molecular weight excluding hydrogens is 578 g/mol. The molecule has 2 aromatic carbocycles. The Kier molecular flexibility index (Phi) is 9.03. The highest BCUT2D eigenvalue weighted by Crippen LogP contribution is 2.28. The summed E-state index contributed by atoms with van der Waals surface area (Å²) >= 11 is 0. The van der Waals surface area contributed by atoms with Crippen LogP contribution in [0.4, 0.5) is 23.2 Å². The quantitative estimate of drug-likeness (QED) is 0.312. The number of halogens is 4. The minimum absolute atomic E-state index is 0.0120. The van der Waals surface area contributed by atoms with Gasteiger partial charge in [-0.3, -0.25) is 4.79 Å². The summed E-state index contributed by atoms with van der Waals surface area (Å²) < 4.78 is 84.3. The number of hydrogen-bond donors (Lipinski definition) is 2. The van der Waals surface area contributed by atoms with Crippen molar-refractivity contribution < 1.29 is 35.5 Å². The number of amides is 1. The van der Waals surface area contributed by atoms with Gasteiger partial charge in [-0.2, -0.15) is 13.2 Å². The molecule has 42 heavy (non-hydrogen) atoms. The molecule has 0 bridgehead atoms. The first kappa shape index (κ1) is 31.1. The molecule has 9 nitrogen and oxygen atoms in total. The van der Waals surface area contributed by atoms with Crippen LogP contribution in [-0.2, 0) is 16.4 Å². The Hall–Kier alpha value is -3.83. The molecule has 3 atom stereocenters. The lowest BCUT2D eigenvalue weighted by molar-refractivity contribution is -0.139. The Morgan fingerprint density at radius 1 is 1.21 bits per heavy atom. The van der Waals surface area contributed by atoms with Crippen molar-refractivity contribution in [1.82, 2.24) is 19.8 Å². The second kappa shape index (κ2) is 12.2. The van der Waals surface area contributed by atoms with Gasteiger partial charge in [-0.15, -0.1) is 0 Å². The summed E-state index contributed by atoms with van der Waals surface area (Å²) in [4.78, 5) is 19.3. The summed E-state index contributed by atoms with van der Waals surface area (Å²) in [6.45, 7) is 1.28. The molecule has 0 aliphatic carbocycles. The number of methoxy groups -OCH3 is 1. The predicted octanol–water partition coefficient (Wildman–Crippen LogP) is 3.49. The number of carbonyl (C=O) groups excluding carboxylic acids is 1. The van der Waals surface area contributed by atoms with Crippen LogP contribution in [0.2, 0.25) is 0 Å². The Labute approximate surface area is 241 Å². The number of hydrogen-bond acceptors (Lipinski definition) is 7. The summed E-state index contributed by atoms with van der Waals surface area (Å²) in [6.07, 6.45) is -3.76. The Morgan fingerprint density at radius 3 is 2.60 bits per heavy atom. The van der Waals surface area contributed by atoms with Crippen molar-refractivity contribution in [3.05, 3.63) is 47.8 Å². The molecule has 3 aromatic rings. The van der Waals surface area contributed by atoms with Crippen LogP contribution in [0.15, 0.2) is 41.6 Å². The standard InChI is InChI=1S/C28H31F4N5O4S/c1-17-13-36(2)14-21(29)25(17)35-27(38)20-10-18(11-23-26(20)34-16-37(23)15-28(30,31)32)6-5-9-33-22-8-7-19(42(4,39)40)12-24(22)41-3/h7-8,10-12,16-17,21,25,33H,9,13-15H2,1-4H3,(H,35,38). The van der Waals surface area contributed by atoms with Crippen LogP contribution in [-0.4, -0.2) is 87.2 Å². The molecule has 1 aromatic heterocycles. The zero-order chi connectivity index (χ0) is 30.8. The van der Waals surface area contributed by atoms with Crippen LogP contribution in [0.25, 0.3) is 11.0 Å². The number of imidazole rings is 1. The van der Waals surface area contributed by atoms with E-state index in [1.54, 1.807) is 7.05 Å². The van der Waals surface area contributed by atoms with Crippen LogP contribution < -0.4 is 15.4 Å². The van der Waals surface area contributed by atoms with Crippen LogP contribution >= 0.6 is 0 Å². The molecule has 1 fully saturated rings. The number of nitrogens with zero attached hydrogens (tertiary/aromatic N) is 3. The molecule has 1 saturated heterocycles. The van der Waals surface area contributed by atoms with E-state index in [9.17, 15) is 30.8 Å². The first-order valence-corrected chi connectivity index (χ1v) is 14.9. The van der Waals surface area contributed by atoms with E-state index in [4.69, 9.17) is 4.74 Å². The summed E-state index contributed by atoms with van der Waals surface area (Å²) in [6, 6.07) is 6.38. The maximum atomic E-state index is 14.8. The molecule has 0 spiro atoms. The summed E-state index contributed by atoms with van der Waals surface area (Å²) in [5.74, 6) is 5.14. The van der Waals surface area contributed by atoms with Crippen molar-refractivity contribution in [2.75, 3.05) is 45.4 Å². The van der Waals surface area contributed by atoms with E-state index in [0.717, 1.165) is 17.2 Å². The van der Waals surface area contributed by atoms with Crippen LogP contribution in [0.3, 0.4) is 0 Å². The average molecular weight is 610 g/mol. The van der Waals surface area contributed by atoms with Gasteiger partial charge in [0.15, 0.2) is 9.84 Å². The number of fused-ring (bicyclic) bond motifs is 1. The number of nitrogens with one attached hydrogen (secondary N) is 2. The maximum Gasteiger partial charge on any atom is 0.406 e. The number of anilines is 1. The molecule has 2 N–H and O–H groups in total. The van der Waals surface area contributed by atoms with Gasteiger partial charge in [-0.25, -0.2) is 17.8 Å². The van der Waals surface area contributed by atoms with Crippen molar-refractivity contribution in [3.63, 3.8) is 0 Å². The van der Waals surface area contributed by atoms with Gasteiger partial charge in [0.2, 0.25) is 0 Å². The summed E-state index contributed by atoms with van der Waals surface area (Å²) in [5, 5.41) is 5.73. The Balaban J connectivity index is 1.63. The normalized spacial score (nSPS) is 19.7. The fourth-order valence-electron chi connectivity index (χ4n) is 4.97. The Morgan fingerprint density at radius 2 is 1.95 bits per heavy atom. The first-order chi connectivity index (χ1) is 19.7. The molecular formula is C28H31F4N5O4S. The molecule has 4 rings (SSSR count). The Bertz CT molecular complexity index is 1630. The molecule has 0 saturated carbocycles. The lowest BCUT2D eigenvalue weighted by atomic mass is 9.92. The topological polar surface area (TPSA) is 106 Å². The van der Waals surface area contributed by atoms with Gasteiger partial charge in [0, 0.05) is 31.0 Å². The monoisotopic (exact) mass is 609 g/mol. The number of carbonyl (C=O) groups is 1. The highest BCUT2D eigenvalue weighted by Gasteiger charge is 2.35. The highest BCUT2D eigenvalue weighted by molar-refractivity contribution is 7.90. The van der Waals surface area contributed by atoms with E-state index in [1.165, 1.54) is 37.4 Å². The number of aromatic nitrogens is 2. The van der Waals surface area contributed by atoms with Gasteiger partial charge in [-0.1, -0.05) is 18.8 Å². The van der Waals surface area contributed by atoms with Crippen LogP contribution in [0.5, 0.6) is 5.75 Å². The van der Waals surface area contributed by atoms with Crippen molar-refractivity contribution >= 4 is 32.5 Å². The number of benzene rings is 2. The van der Waals surface area contributed by atoms with E-state index in [2.05, 4.69) is 27.5 Å². The molecule has 14 heteroatoms. The molecule has 0 radical (unpaired) electrons. The number of ether oxygens (including phenoxy) is 1. The largest absolute Gasteiger partial charge is 0.495 e. The number of piperidine rings is 1. The summed E-state index contributed by atoms with van der Waals surface area (Å²) in [5.41, 5.74) is 0.828. The van der Waals surface area contributed by atoms with Gasteiger partial charge in [0.25, 0.3) is 5.91 Å². The van der Waals surface area contributed by atoms with Crippen molar-refractivity contribution in [3.8, 4) is 17.6 Å². The van der Waals surface area contributed by atoms with Crippen LogP contribution in [0.1, 0.15) is 22.8 Å². The van der Waals surface area contributed by atoms with Crippen LogP contribution in [0, 0.1) is 17.8 Å². The first-order valence-electron chi connectivity index (χ1n) is 13.0. The van der Waals surface area contributed by atoms with Gasteiger partial charge < -0.3 is 24.8 Å². The fraction of sp³-hybridized carbons (Fsp3) is 0.429. The molecule has 1 aliphatic rings.